The highest BCUT2D eigenvalue weighted by atomic mass is 35.5. The Balaban J connectivity index is 0.00000243. The third kappa shape index (κ3) is 4.66. The van der Waals surface area contributed by atoms with Gasteiger partial charge in [-0.2, -0.15) is 0 Å². The van der Waals surface area contributed by atoms with Crippen LogP contribution in [0.15, 0.2) is 53.4 Å². The van der Waals surface area contributed by atoms with Gasteiger partial charge >= 0.3 is 0 Å². The molecule has 1 fully saturated rings. The van der Waals surface area contributed by atoms with Gasteiger partial charge in [0.15, 0.2) is 0 Å². The van der Waals surface area contributed by atoms with E-state index in [4.69, 9.17) is 4.74 Å². The maximum Gasteiger partial charge on any atom is 0.264 e. The Morgan fingerprint density at radius 3 is 2.38 bits per heavy atom. The van der Waals surface area contributed by atoms with Crippen molar-refractivity contribution in [2.45, 2.75) is 23.8 Å². The molecule has 1 heterocycles. The van der Waals surface area contributed by atoms with E-state index in [9.17, 15) is 12.8 Å². The second-order valence-corrected chi connectivity index (χ2v) is 7.96. The zero-order valence-corrected chi connectivity index (χ0v) is 16.0. The summed E-state index contributed by atoms with van der Waals surface area (Å²) in [6, 6.07) is 11.9. The summed E-state index contributed by atoms with van der Waals surface area (Å²) < 4.78 is 45.6. The van der Waals surface area contributed by atoms with E-state index in [1.54, 1.807) is 24.3 Å². The van der Waals surface area contributed by atoms with Crippen molar-refractivity contribution in [3.8, 4) is 5.75 Å². The molecule has 0 amide bonds. The highest BCUT2D eigenvalue weighted by Crippen LogP contribution is 2.25. The molecule has 1 N–H and O–H groups in total. The molecule has 0 atom stereocenters. The Labute approximate surface area is 159 Å². The van der Waals surface area contributed by atoms with Crippen LogP contribution >= 0.6 is 12.4 Å². The summed E-state index contributed by atoms with van der Waals surface area (Å²) in [6.45, 7) is 1.88. The Bertz CT molecular complexity index is 825. The molecule has 3 rings (SSSR count). The van der Waals surface area contributed by atoms with Gasteiger partial charge in [-0.15, -0.1) is 12.4 Å². The van der Waals surface area contributed by atoms with Crippen LogP contribution in [0.2, 0.25) is 0 Å². The first-order valence-corrected chi connectivity index (χ1v) is 9.63. The minimum Gasteiger partial charge on any atom is -0.490 e. The van der Waals surface area contributed by atoms with Crippen LogP contribution in [0.4, 0.5) is 10.1 Å². The number of nitrogens with one attached hydrogen (secondary N) is 1. The lowest BCUT2D eigenvalue weighted by Crippen LogP contribution is -2.34. The van der Waals surface area contributed by atoms with E-state index in [2.05, 4.69) is 5.32 Å². The Morgan fingerprint density at radius 1 is 1.12 bits per heavy atom. The second kappa shape index (κ2) is 8.70. The monoisotopic (exact) mass is 400 g/mol. The zero-order valence-electron chi connectivity index (χ0n) is 14.4. The van der Waals surface area contributed by atoms with Crippen LogP contribution in [-0.4, -0.2) is 34.7 Å². The fourth-order valence-corrected chi connectivity index (χ4v) is 3.99. The van der Waals surface area contributed by atoms with Crippen molar-refractivity contribution >= 4 is 28.1 Å². The predicted octanol–water partition coefficient (Wildman–Crippen LogP) is 3.20. The minimum absolute atomic E-state index is 0. The fourth-order valence-electron chi connectivity index (χ4n) is 2.76. The smallest absolute Gasteiger partial charge is 0.264 e. The number of anilines is 1. The molecule has 0 aliphatic carbocycles. The van der Waals surface area contributed by atoms with Gasteiger partial charge in [0.2, 0.25) is 0 Å². The lowest BCUT2D eigenvalue weighted by Gasteiger charge is -2.24. The molecule has 1 aliphatic heterocycles. The SMILES string of the molecule is CN(c1ccc(OC2CCNCC2)cc1)S(=O)(=O)c1cccc(F)c1.Cl. The second-order valence-electron chi connectivity index (χ2n) is 5.99. The zero-order chi connectivity index (χ0) is 17.9. The summed E-state index contributed by atoms with van der Waals surface area (Å²) in [7, 11) is -2.36. The summed E-state index contributed by atoms with van der Waals surface area (Å²) in [5.41, 5.74) is 0.488. The number of sulfonamides is 1. The van der Waals surface area contributed by atoms with E-state index in [1.165, 1.54) is 25.2 Å². The molecule has 2 aromatic rings. The van der Waals surface area contributed by atoms with Crippen LogP contribution in [0.25, 0.3) is 0 Å². The quantitative estimate of drug-likeness (QED) is 0.837. The largest absolute Gasteiger partial charge is 0.490 e. The first-order chi connectivity index (χ1) is 12.0. The van der Waals surface area contributed by atoms with Gasteiger partial charge in [-0.05, 0) is 68.4 Å². The van der Waals surface area contributed by atoms with E-state index in [1.807, 2.05) is 0 Å². The number of benzene rings is 2. The molecule has 1 aliphatic rings. The number of nitrogens with zero attached hydrogens (tertiary/aromatic N) is 1. The molecule has 26 heavy (non-hydrogen) atoms. The molecule has 8 heteroatoms. The van der Waals surface area contributed by atoms with Gasteiger partial charge in [-0.1, -0.05) is 6.07 Å². The third-order valence-electron chi connectivity index (χ3n) is 4.24. The van der Waals surface area contributed by atoms with Crippen LogP contribution in [0.3, 0.4) is 0 Å². The van der Waals surface area contributed by atoms with Crippen LogP contribution in [0.5, 0.6) is 5.75 Å². The number of halogens is 2. The molecule has 0 bridgehead atoms. The van der Waals surface area contributed by atoms with Crippen molar-refractivity contribution in [1.29, 1.82) is 0 Å². The van der Waals surface area contributed by atoms with Crippen molar-refractivity contribution in [2.24, 2.45) is 0 Å². The molecular weight excluding hydrogens is 379 g/mol. The van der Waals surface area contributed by atoms with Crippen molar-refractivity contribution < 1.29 is 17.5 Å². The van der Waals surface area contributed by atoms with Crippen LogP contribution < -0.4 is 14.4 Å². The first-order valence-electron chi connectivity index (χ1n) is 8.19. The van der Waals surface area contributed by atoms with Crippen LogP contribution in [-0.2, 0) is 10.0 Å². The average molecular weight is 401 g/mol. The molecule has 0 spiro atoms. The van der Waals surface area contributed by atoms with Gasteiger partial charge in [0, 0.05) is 7.05 Å². The molecule has 0 saturated carbocycles. The minimum atomic E-state index is -3.81. The first kappa shape index (κ1) is 20.5. The van der Waals surface area contributed by atoms with Gasteiger partial charge < -0.3 is 10.1 Å². The van der Waals surface area contributed by atoms with Gasteiger partial charge in [-0.25, -0.2) is 12.8 Å². The molecule has 0 aromatic heterocycles. The summed E-state index contributed by atoms with van der Waals surface area (Å²) in [4.78, 5) is -0.0787. The standard InChI is InChI=1S/C18H21FN2O3S.ClH/c1-21(25(22,23)18-4-2-3-14(19)13-18)15-5-7-16(8-6-15)24-17-9-11-20-12-10-17;/h2-8,13,17,20H,9-12H2,1H3;1H. The molecule has 1 saturated heterocycles. The maximum atomic E-state index is 13.3. The van der Waals surface area contributed by atoms with Gasteiger partial charge in [0.25, 0.3) is 10.0 Å². The number of hydrogen-bond donors (Lipinski definition) is 1. The topological polar surface area (TPSA) is 58.6 Å². The summed E-state index contributed by atoms with van der Waals surface area (Å²) >= 11 is 0. The van der Waals surface area contributed by atoms with Crippen molar-refractivity contribution in [2.75, 3.05) is 24.4 Å². The number of piperidine rings is 1. The van der Waals surface area contributed by atoms with Crippen molar-refractivity contribution in [3.63, 3.8) is 0 Å². The van der Waals surface area contributed by atoms with Crippen molar-refractivity contribution in [1.82, 2.24) is 5.32 Å². The number of ether oxygens (including phenoxy) is 1. The average Bonchev–Trinajstić information content (AvgIpc) is 2.62. The molecule has 2 aromatic carbocycles. The van der Waals surface area contributed by atoms with Gasteiger partial charge in [0.1, 0.15) is 17.7 Å². The van der Waals surface area contributed by atoms with E-state index in [0.717, 1.165) is 36.3 Å². The number of hydrogen-bond acceptors (Lipinski definition) is 4. The molecule has 0 radical (unpaired) electrons. The molecule has 142 valence electrons. The van der Waals surface area contributed by atoms with E-state index >= 15 is 0 Å². The Kier molecular flexibility index (Phi) is 6.86. The molecule has 5 nitrogen and oxygen atoms in total. The predicted molar refractivity (Wildman–Crippen MR) is 102 cm³/mol. The summed E-state index contributed by atoms with van der Waals surface area (Å²) in [6.07, 6.45) is 2.09. The highest BCUT2D eigenvalue weighted by molar-refractivity contribution is 7.92. The normalized spacial score (nSPS) is 15.2. The highest BCUT2D eigenvalue weighted by Gasteiger charge is 2.22. The van der Waals surface area contributed by atoms with E-state index < -0.39 is 15.8 Å². The van der Waals surface area contributed by atoms with Gasteiger partial charge in [-0.3, -0.25) is 4.31 Å². The Hall–Kier alpha value is -1.83. The molecule has 0 unspecified atom stereocenters. The Morgan fingerprint density at radius 2 is 1.77 bits per heavy atom. The van der Waals surface area contributed by atoms with Crippen LogP contribution in [0, 0.1) is 5.82 Å². The van der Waals surface area contributed by atoms with Crippen LogP contribution in [0.1, 0.15) is 12.8 Å². The van der Waals surface area contributed by atoms with E-state index in [-0.39, 0.29) is 23.4 Å². The fraction of sp³-hybridized carbons (Fsp3) is 0.333. The third-order valence-corrected chi connectivity index (χ3v) is 6.03. The van der Waals surface area contributed by atoms with Crippen molar-refractivity contribution in [3.05, 3.63) is 54.3 Å². The van der Waals surface area contributed by atoms with Gasteiger partial charge in [0.05, 0.1) is 10.6 Å². The lowest BCUT2D eigenvalue weighted by molar-refractivity contribution is 0.162. The van der Waals surface area contributed by atoms with E-state index in [0.29, 0.717) is 11.4 Å². The summed E-state index contributed by atoms with van der Waals surface area (Å²) in [5.74, 6) is 0.132. The number of rotatable bonds is 5. The summed E-state index contributed by atoms with van der Waals surface area (Å²) in [5, 5.41) is 3.28. The maximum absolute atomic E-state index is 13.3. The lowest BCUT2D eigenvalue weighted by atomic mass is 10.1. The molecular formula is C18H22ClFN2O3S.